The Labute approximate surface area is 179 Å². The second kappa shape index (κ2) is 8.77. The molecule has 0 bridgehead atoms. The highest BCUT2D eigenvalue weighted by Gasteiger charge is 2.23. The lowest BCUT2D eigenvalue weighted by molar-refractivity contribution is 0.102. The normalized spacial score (nSPS) is 14.7. The van der Waals surface area contributed by atoms with Crippen LogP contribution in [0.5, 0.6) is 0 Å². The Morgan fingerprint density at radius 1 is 1.16 bits per heavy atom. The van der Waals surface area contributed by atoms with Crippen LogP contribution in [0.1, 0.15) is 35.2 Å². The molecule has 1 aliphatic heterocycles. The zero-order valence-corrected chi connectivity index (χ0v) is 17.4. The first-order valence-corrected chi connectivity index (χ1v) is 10.0. The molecule has 3 heterocycles. The van der Waals surface area contributed by atoms with Crippen molar-refractivity contribution in [3.05, 3.63) is 83.0 Å². The summed E-state index contributed by atoms with van der Waals surface area (Å²) in [5.74, 6) is -2.33. The van der Waals surface area contributed by atoms with E-state index in [2.05, 4.69) is 27.2 Å². The zero-order chi connectivity index (χ0) is 22.0. The van der Waals surface area contributed by atoms with Gasteiger partial charge >= 0.3 is 0 Å². The van der Waals surface area contributed by atoms with Gasteiger partial charge in [-0.25, -0.2) is 8.78 Å². The topological polar surface area (TPSA) is 63.1 Å². The molecule has 2 aromatic heterocycles. The molecule has 8 heteroatoms. The minimum absolute atomic E-state index is 0.0994. The number of rotatable bonds is 5. The van der Waals surface area contributed by atoms with Gasteiger partial charge in [0.25, 0.3) is 5.91 Å². The molecule has 0 aliphatic carbocycles. The van der Waals surface area contributed by atoms with E-state index in [-0.39, 0.29) is 5.69 Å². The van der Waals surface area contributed by atoms with E-state index in [9.17, 15) is 13.6 Å². The van der Waals surface area contributed by atoms with Crippen molar-refractivity contribution >= 4 is 17.2 Å². The second-order valence-electron chi connectivity index (χ2n) is 7.63. The van der Waals surface area contributed by atoms with E-state index in [1.54, 1.807) is 24.0 Å². The highest BCUT2D eigenvalue weighted by molar-refractivity contribution is 6.03. The highest BCUT2D eigenvalue weighted by Crippen LogP contribution is 2.28. The van der Waals surface area contributed by atoms with Gasteiger partial charge in [-0.1, -0.05) is 17.7 Å². The molecule has 31 heavy (non-hydrogen) atoms. The summed E-state index contributed by atoms with van der Waals surface area (Å²) in [6.07, 6.45) is 2.68. The van der Waals surface area contributed by atoms with Crippen LogP contribution in [0.2, 0.25) is 0 Å². The van der Waals surface area contributed by atoms with E-state index < -0.39 is 23.2 Å². The Morgan fingerprint density at radius 2 is 1.94 bits per heavy atom. The molecule has 160 valence electrons. The summed E-state index contributed by atoms with van der Waals surface area (Å²) in [7, 11) is 1.76. The van der Waals surface area contributed by atoms with Gasteiger partial charge in [-0.3, -0.25) is 19.4 Å². The maximum atomic E-state index is 13.9. The summed E-state index contributed by atoms with van der Waals surface area (Å²) in [6, 6.07) is 11.0. The standard InChI is InChI=1S/C23H23F2N5O/c1-15-9-11-30(13-16-6-3-4-10-26-16)14-17(15)21-12-20(28-29(21)2)23(31)27-22-18(24)7-5-8-19(22)25/h3-8,10,12H,9,11,13-14H2,1-2H3,(H,27,31). The van der Waals surface area contributed by atoms with Crippen LogP contribution in [0, 0.1) is 11.6 Å². The number of amides is 1. The van der Waals surface area contributed by atoms with E-state index in [0.717, 1.165) is 48.6 Å². The molecule has 1 amide bonds. The van der Waals surface area contributed by atoms with Crippen molar-refractivity contribution in [2.24, 2.45) is 7.05 Å². The summed E-state index contributed by atoms with van der Waals surface area (Å²) >= 11 is 0. The number of aromatic nitrogens is 3. The average molecular weight is 423 g/mol. The molecule has 0 saturated carbocycles. The molecular weight excluding hydrogens is 400 g/mol. The number of aryl methyl sites for hydroxylation is 1. The van der Waals surface area contributed by atoms with Gasteiger partial charge < -0.3 is 5.32 Å². The van der Waals surface area contributed by atoms with Crippen LogP contribution >= 0.6 is 0 Å². The summed E-state index contributed by atoms with van der Waals surface area (Å²) in [5, 5.41) is 6.57. The van der Waals surface area contributed by atoms with Crippen LogP contribution in [-0.4, -0.2) is 38.7 Å². The van der Waals surface area contributed by atoms with Crippen molar-refractivity contribution < 1.29 is 13.6 Å². The molecule has 0 radical (unpaired) electrons. The van der Waals surface area contributed by atoms with Gasteiger partial charge in [0, 0.05) is 32.9 Å². The van der Waals surface area contributed by atoms with Crippen molar-refractivity contribution in [2.75, 3.05) is 18.4 Å². The number of benzene rings is 1. The SMILES string of the molecule is CC1=C(c2cc(C(=O)Nc3c(F)cccc3F)nn2C)CN(Cc2ccccn2)CC1. The largest absolute Gasteiger partial charge is 0.316 e. The first-order chi connectivity index (χ1) is 14.9. The monoisotopic (exact) mass is 423 g/mol. The predicted octanol–water partition coefficient (Wildman–Crippen LogP) is 4.03. The van der Waals surface area contributed by atoms with Gasteiger partial charge in [0.15, 0.2) is 5.69 Å². The Balaban J connectivity index is 1.54. The number of hydrogen-bond donors (Lipinski definition) is 1. The fraction of sp³-hybridized carbons (Fsp3) is 0.261. The fourth-order valence-corrected chi connectivity index (χ4v) is 3.73. The smallest absolute Gasteiger partial charge is 0.276 e. The van der Waals surface area contributed by atoms with Crippen LogP contribution in [0.4, 0.5) is 14.5 Å². The van der Waals surface area contributed by atoms with Crippen LogP contribution in [0.15, 0.2) is 54.2 Å². The van der Waals surface area contributed by atoms with E-state index in [0.29, 0.717) is 6.54 Å². The number of nitrogens with one attached hydrogen (secondary N) is 1. The first kappa shape index (κ1) is 20.9. The lowest BCUT2D eigenvalue weighted by Gasteiger charge is -2.29. The van der Waals surface area contributed by atoms with Crippen molar-refractivity contribution in [1.82, 2.24) is 19.7 Å². The third kappa shape index (κ3) is 4.54. The van der Waals surface area contributed by atoms with Crippen molar-refractivity contribution in [3.63, 3.8) is 0 Å². The van der Waals surface area contributed by atoms with E-state index in [1.165, 1.54) is 11.6 Å². The Hall–Kier alpha value is -3.39. The third-order valence-electron chi connectivity index (χ3n) is 5.43. The van der Waals surface area contributed by atoms with Gasteiger partial charge in [0.2, 0.25) is 0 Å². The van der Waals surface area contributed by atoms with Crippen LogP contribution in [0.25, 0.3) is 5.57 Å². The molecule has 0 fully saturated rings. The van der Waals surface area contributed by atoms with Crippen LogP contribution in [-0.2, 0) is 13.6 Å². The molecule has 1 aliphatic rings. The third-order valence-corrected chi connectivity index (χ3v) is 5.43. The van der Waals surface area contributed by atoms with Crippen molar-refractivity contribution in [3.8, 4) is 0 Å². The molecule has 1 aromatic carbocycles. The maximum absolute atomic E-state index is 13.9. The lowest BCUT2D eigenvalue weighted by atomic mass is 9.98. The van der Waals surface area contributed by atoms with Gasteiger partial charge in [0.05, 0.1) is 11.4 Å². The van der Waals surface area contributed by atoms with Crippen LogP contribution < -0.4 is 5.32 Å². The van der Waals surface area contributed by atoms with Crippen molar-refractivity contribution in [1.29, 1.82) is 0 Å². The predicted molar refractivity (Wildman–Crippen MR) is 114 cm³/mol. The van der Waals surface area contributed by atoms with Gasteiger partial charge in [0.1, 0.15) is 17.3 Å². The molecule has 0 atom stereocenters. The molecule has 6 nitrogen and oxygen atoms in total. The molecule has 1 N–H and O–H groups in total. The van der Waals surface area contributed by atoms with Gasteiger partial charge in [-0.15, -0.1) is 0 Å². The second-order valence-corrected chi connectivity index (χ2v) is 7.63. The summed E-state index contributed by atoms with van der Waals surface area (Å²) in [4.78, 5) is 19.3. The molecular formula is C23H23F2N5O. The summed E-state index contributed by atoms with van der Waals surface area (Å²) < 4.78 is 29.4. The highest BCUT2D eigenvalue weighted by atomic mass is 19.1. The average Bonchev–Trinajstić information content (AvgIpc) is 3.14. The molecule has 0 unspecified atom stereocenters. The van der Waals surface area contributed by atoms with Crippen molar-refractivity contribution in [2.45, 2.75) is 19.9 Å². The number of anilines is 1. The minimum atomic E-state index is -0.833. The number of carbonyl (C=O) groups is 1. The molecule has 4 rings (SSSR count). The minimum Gasteiger partial charge on any atom is -0.316 e. The van der Waals surface area contributed by atoms with E-state index in [1.807, 2.05) is 18.2 Å². The van der Waals surface area contributed by atoms with E-state index in [4.69, 9.17) is 0 Å². The lowest BCUT2D eigenvalue weighted by Crippen LogP contribution is -2.31. The molecule has 0 spiro atoms. The number of halogens is 2. The maximum Gasteiger partial charge on any atom is 0.276 e. The number of pyridine rings is 1. The number of carbonyl (C=O) groups excluding carboxylic acids is 1. The number of nitrogens with zero attached hydrogens (tertiary/aromatic N) is 4. The van der Waals surface area contributed by atoms with Crippen LogP contribution in [0.3, 0.4) is 0 Å². The Kier molecular flexibility index (Phi) is 5.90. The van der Waals surface area contributed by atoms with E-state index >= 15 is 0 Å². The zero-order valence-electron chi connectivity index (χ0n) is 17.4. The quantitative estimate of drug-likeness (QED) is 0.673. The van der Waals surface area contributed by atoms with Gasteiger partial charge in [-0.05, 0) is 49.2 Å². The number of para-hydroxylation sites is 1. The Bertz CT molecular complexity index is 1120. The number of hydrogen-bond acceptors (Lipinski definition) is 4. The summed E-state index contributed by atoms with van der Waals surface area (Å²) in [5.41, 5.74) is 3.75. The summed E-state index contributed by atoms with van der Waals surface area (Å²) in [6.45, 7) is 4.43. The van der Waals surface area contributed by atoms with Gasteiger partial charge in [-0.2, -0.15) is 5.10 Å². The fourth-order valence-electron chi connectivity index (χ4n) is 3.73. The molecule has 0 saturated heterocycles. The molecule has 3 aromatic rings. The first-order valence-electron chi connectivity index (χ1n) is 10.0. The Morgan fingerprint density at radius 3 is 2.65 bits per heavy atom.